The quantitative estimate of drug-likeness (QED) is 0.728. The molecule has 82 valence electrons. The second-order valence-corrected chi connectivity index (χ2v) is 3.70. The van der Waals surface area contributed by atoms with Crippen LogP contribution in [0.5, 0.6) is 0 Å². The standard InChI is InChI=1S/C10H20N2O2/c1-4-8-7-12(10(13)14-3)9(5-2)6-11-8/h8-9,11H,4-7H2,1-3H3. The van der Waals surface area contributed by atoms with E-state index in [0.29, 0.717) is 6.04 Å². The molecule has 1 aliphatic rings. The third-order valence-electron chi connectivity index (χ3n) is 2.87. The topological polar surface area (TPSA) is 41.6 Å². The number of ether oxygens (including phenoxy) is 1. The molecule has 2 unspecified atom stereocenters. The summed E-state index contributed by atoms with van der Waals surface area (Å²) in [6.45, 7) is 5.86. The molecule has 1 saturated heterocycles. The lowest BCUT2D eigenvalue weighted by Crippen LogP contribution is -2.57. The third-order valence-corrected chi connectivity index (χ3v) is 2.87. The molecule has 1 amide bonds. The van der Waals surface area contributed by atoms with Crippen LogP contribution in [-0.4, -0.2) is 43.3 Å². The highest BCUT2D eigenvalue weighted by Gasteiger charge is 2.29. The Balaban J connectivity index is 2.60. The molecule has 2 atom stereocenters. The molecule has 0 bridgehead atoms. The van der Waals surface area contributed by atoms with Crippen LogP contribution in [0.25, 0.3) is 0 Å². The molecule has 1 heterocycles. The Morgan fingerprint density at radius 3 is 2.71 bits per heavy atom. The minimum Gasteiger partial charge on any atom is -0.453 e. The summed E-state index contributed by atoms with van der Waals surface area (Å²) in [7, 11) is 1.44. The molecule has 4 heteroatoms. The van der Waals surface area contributed by atoms with Crippen LogP contribution in [0.2, 0.25) is 0 Å². The van der Waals surface area contributed by atoms with Crippen LogP contribution in [0.1, 0.15) is 26.7 Å². The highest BCUT2D eigenvalue weighted by Crippen LogP contribution is 2.12. The summed E-state index contributed by atoms with van der Waals surface area (Å²) >= 11 is 0. The van der Waals surface area contributed by atoms with E-state index < -0.39 is 0 Å². The average Bonchev–Trinajstić information content (AvgIpc) is 2.27. The van der Waals surface area contributed by atoms with Crippen molar-refractivity contribution < 1.29 is 9.53 Å². The van der Waals surface area contributed by atoms with E-state index in [1.807, 2.05) is 4.90 Å². The fourth-order valence-electron chi connectivity index (χ4n) is 1.84. The highest BCUT2D eigenvalue weighted by molar-refractivity contribution is 5.68. The molecule has 0 radical (unpaired) electrons. The summed E-state index contributed by atoms with van der Waals surface area (Å²) < 4.78 is 4.77. The summed E-state index contributed by atoms with van der Waals surface area (Å²) in [5.41, 5.74) is 0. The van der Waals surface area contributed by atoms with Crippen molar-refractivity contribution in [2.24, 2.45) is 0 Å². The number of carbonyl (C=O) groups is 1. The maximum atomic E-state index is 11.5. The first kappa shape index (κ1) is 11.3. The summed E-state index contributed by atoms with van der Waals surface area (Å²) in [5, 5.41) is 3.43. The second kappa shape index (κ2) is 5.20. The van der Waals surface area contributed by atoms with Crippen molar-refractivity contribution in [2.75, 3.05) is 20.2 Å². The molecule has 0 aromatic heterocycles. The van der Waals surface area contributed by atoms with E-state index in [-0.39, 0.29) is 12.1 Å². The van der Waals surface area contributed by atoms with Crippen molar-refractivity contribution in [3.63, 3.8) is 0 Å². The molecule has 14 heavy (non-hydrogen) atoms. The van der Waals surface area contributed by atoms with Gasteiger partial charge in [-0.15, -0.1) is 0 Å². The van der Waals surface area contributed by atoms with Crippen molar-refractivity contribution in [2.45, 2.75) is 38.8 Å². The number of hydrogen-bond donors (Lipinski definition) is 1. The summed E-state index contributed by atoms with van der Waals surface area (Å²) in [4.78, 5) is 13.3. The number of rotatable bonds is 2. The van der Waals surface area contributed by atoms with Gasteiger partial charge in [0.2, 0.25) is 0 Å². The van der Waals surface area contributed by atoms with Gasteiger partial charge in [-0.25, -0.2) is 4.79 Å². The number of hydrogen-bond acceptors (Lipinski definition) is 3. The zero-order chi connectivity index (χ0) is 10.6. The zero-order valence-electron chi connectivity index (χ0n) is 9.25. The van der Waals surface area contributed by atoms with E-state index in [2.05, 4.69) is 19.2 Å². The van der Waals surface area contributed by atoms with Gasteiger partial charge in [0.25, 0.3) is 0 Å². The van der Waals surface area contributed by atoms with Crippen LogP contribution in [-0.2, 0) is 4.74 Å². The number of methoxy groups -OCH3 is 1. The van der Waals surface area contributed by atoms with E-state index >= 15 is 0 Å². The number of amides is 1. The Morgan fingerprint density at radius 1 is 1.50 bits per heavy atom. The molecular formula is C10H20N2O2. The van der Waals surface area contributed by atoms with Gasteiger partial charge in [0.15, 0.2) is 0 Å². The third kappa shape index (κ3) is 2.38. The number of carbonyl (C=O) groups excluding carboxylic acids is 1. The SMILES string of the molecule is CCC1CN(C(=O)OC)C(CC)CN1. The molecule has 4 nitrogen and oxygen atoms in total. The van der Waals surface area contributed by atoms with Crippen molar-refractivity contribution >= 4 is 6.09 Å². The van der Waals surface area contributed by atoms with Crippen LogP contribution in [0.4, 0.5) is 4.79 Å². The van der Waals surface area contributed by atoms with Crippen LogP contribution in [0, 0.1) is 0 Å². The molecule has 0 aliphatic carbocycles. The van der Waals surface area contributed by atoms with Crippen LogP contribution >= 0.6 is 0 Å². The van der Waals surface area contributed by atoms with Gasteiger partial charge in [0.1, 0.15) is 0 Å². The summed E-state index contributed by atoms with van der Waals surface area (Å²) in [6.07, 6.45) is 1.82. The summed E-state index contributed by atoms with van der Waals surface area (Å²) in [6, 6.07) is 0.696. The van der Waals surface area contributed by atoms with Crippen LogP contribution in [0.3, 0.4) is 0 Å². The Bertz CT molecular complexity index is 197. The number of piperazine rings is 1. The van der Waals surface area contributed by atoms with Gasteiger partial charge in [-0.2, -0.15) is 0 Å². The minimum absolute atomic E-state index is 0.197. The van der Waals surface area contributed by atoms with Crippen molar-refractivity contribution in [3.05, 3.63) is 0 Å². The van der Waals surface area contributed by atoms with Gasteiger partial charge in [-0.1, -0.05) is 13.8 Å². The lowest BCUT2D eigenvalue weighted by atomic mass is 10.1. The smallest absolute Gasteiger partial charge is 0.409 e. The molecule has 0 saturated carbocycles. The van der Waals surface area contributed by atoms with Gasteiger partial charge in [0, 0.05) is 25.2 Å². The first-order chi connectivity index (χ1) is 6.72. The van der Waals surface area contributed by atoms with Crippen molar-refractivity contribution in [1.82, 2.24) is 10.2 Å². The van der Waals surface area contributed by atoms with Gasteiger partial charge in [-0.05, 0) is 12.8 Å². The lowest BCUT2D eigenvalue weighted by molar-refractivity contribution is 0.0812. The van der Waals surface area contributed by atoms with Crippen molar-refractivity contribution in [3.8, 4) is 0 Å². The van der Waals surface area contributed by atoms with Crippen molar-refractivity contribution in [1.29, 1.82) is 0 Å². The second-order valence-electron chi connectivity index (χ2n) is 3.70. The molecule has 0 aromatic rings. The lowest BCUT2D eigenvalue weighted by Gasteiger charge is -2.38. The van der Waals surface area contributed by atoms with Crippen LogP contribution < -0.4 is 5.32 Å². The molecule has 0 aromatic carbocycles. The van der Waals surface area contributed by atoms with Gasteiger partial charge in [0.05, 0.1) is 7.11 Å². The molecule has 1 fully saturated rings. The monoisotopic (exact) mass is 200 g/mol. The van der Waals surface area contributed by atoms with Gasteiger partial charge in [-0.3, -0.25) is 0 Å². The molecule has 1 N–H and O–H groups in total. The highest BCUT2D eigenvalue weighted by atomic mass is 16.5. The number of nitrogens with zero attached hydrogens (tertiary/aromatic N) is 1. The first-order valence-corrected chi connectivity index (χ1v) is 5.30. The Morgan fingerprint density at radius 2 is 2.21 bits per heavy atom. The Labute approximate surface area is 85.6 Å². The molecule has 0 spiro atoms. The van der Waals surface area contributed by atoms with Gasteiger partial charge < -0.3 is 15.0 Å². The summed E-state index contributed by atoms with van der Waals surface area (Å²) in [5.74, 6) is 0. The maximum Gasteiger partial charge on any atom is 0.409 e. The molecule has 1 aliphatic heterocycles. The van der Waals surface area contributed by atoms with E-state index in [1.54, 1.807) is 0 Å². The predicted molar refractivity (Wildman–Crippen MR) is 55.3 cm³/mol. The number of nitrogens with one attached hydrogen (secondary N) is 1. The fraction of sp³-hybridized carbons (Fsp3) is 0.900. The Hall–Kier alpha value is -0.770. The average molecular weight is 200 g/mol. The van der Waals surface area contributed by atoms with E-state index in [9.17, 15) is 4.79 Å². The largest absolute Gasteiger partial charge is 0.453 e. The first-order valence-electron chi connectivity index (χ1n) is 5.30. The predicted octanol–water partition coefficient (Wildman–Crippen LogP) is 1.22. The van der Waals surface area contributed by atoms with E-state index in [0.717, 1.165) is 25.9 Å². The van der Waals surface area contributed by atoms with Crippen LogP contribution in [0.15, 0.2) is 0 Å². The minimum atomic E-state index is -0.197. The van der Waals surface area contributed by atoms with E-state index in [4.69, 9.17) is 4.74 Å². The van der Waals surface area contributed by atoms with Gasteiger partial charge >= 0.3 is 6.09 Å². The zero-order valence-corrected chi connectivity index (χ0v) is 9.25. The normalized spacial score (nSPS) is 27.5. The Kier molecular flexibility index (Phi) is 4.20. The van der Waals surface area contributed by atoms with E-state index in [1.165, 1.54) is 7.11 Å². The molecule has 1 rings (SSSR count). The fourth-order valence-corrected chi connectivity index (χ4v) is 1.84. The molecular weight excluding hydrogens is 180 g/mol. The maximum absolute atomic E-state index is 11.5.